The molecule has 0 aliphatic heterocycles. The number of benzene rings is 1. The highest BCUT2D eigenvalue weighted by Crippen LogP contribution is 2.11. The van der Waals surface area contributed by atoms with Crippen LogP contribution in [0.4, 0.5) is 0 Å². The molecule has 0 aliphatic rings. The van der Waals surface area contributed by atoms with Crippen LogP contribution in [0, 0.1) is 0 Å². The van der Waals surface area contributed by atoms with Crippen molar-refractivity contribution in [3.8, 4) is 5.75 Å². The van der Waals surface area contributed by atoms with Crippen LogP contribution < -0.4 is 15.4 Å². The number of guanidine groups is 1. The normalized spacial score (nSPS) is 11.0. The SMILES string of the molecule is CCOCCCNC(=NCc1ccn(C)c1)NCc1ccc(OC)cc1.I. The van der Waals surface area contributed by atoms with Gasteiger partial charge in [-0.3, -0.25) is 0 Å². The monoisotopic (exact) mass is 486 g/mol. The standard InChI is InChI=1S/C20H30N4O2.HI/c1-4-26-13-5-11-21-20(23-15-18-10-12-24(2)16-18)22-14-17-6-8-19(25-3)9-7-17;/h6-10,12,16H,4-5,11,13-15H2,1-3H3,(H2,21,22,23);1H. The summed E-state index contributed by atoms with van der Waals surface area (Å²) in [6, 6.07) is 10.1. The van der Waals surface area contributed by atoms with Gasteiger partial charge in [0.1, 0.15) is 5.75 Å². The van der Waals surface area contributed by atoms with E-state index in [9.17, 15) is 0 Å². The van der Waals surface area contributed by atoms with Gasteiger partial charge in [-0.25, -0.2) is 4.99 Å². The Balaban J connectivity index is 0.00000364. The van der Waals surface area contributed by atoms with E-state index in [0.29, 0.717) is 13.1 Å². The molecule has 2 N–H and O–H groups in total. The van der Waals surface area contributed by atoms with Gasteiger partial charge in [0.2, 0.25) is 0 Å². The predicted molar refractivity (Wildman–Crippen MR) is 121 cm³/mol. The molecule has 2 aromatic rings. The Bertz CT molecular complexity index is 671. The number of hydrogen-bond donors (Lipinski definition) is 2. The van der Waals surface area contributed by atoms with Gasteiger partial charge >= 0.3 is 0 Å². The number of aryl methyl sites for hydroxylation is 1. The molecule has 0 fully saturated rings. The van der Waals surface area contributed by atoms with Crippen LogP contribution in [0.25, 0.3) is 0 Å². The highest BCUT2D eigenvalue weighted by Gasteiger charge is 2.01. The molecule has 0 radical (unpaired) electrons. The van der Waals surface area contributed by atoms with Crippen molar-refractivity contribution < 1.29 is 9.47 Å². The third kappa shape index (κ3) is 9.14. The van der Waals surface area contributed by atoms with E-state index in [1.54, 1.807) is 7.11 Å². The lowest BCUT2D eigenvalue weighted by Gasteiger charge is -2.13. The first-order valence-electron chi connectivity index (χ1n) is 9.05. The molecule has 0 saturated heterocycles. The van der Waals surface area contributed by atoms with Crippen LogP contribution >= 0.6 is 24.0 Å². The maximum absolute atomic E-state index is 5.38. The zero-order chi connectivity index (χ0) is 18.6. The smallest absolute Gasteiger partial charge is 0.191 e. The van der Waals surface area contributed by atoms with Crippen LogP contribution in [-0.4, -0.2) is 37.4 Å². The molecular weight excluding hydrogens is 455 g/mol. The van der Waals surface area contributed by atoms with Crippen molar-refractivity contribution in [1.82, 2.24) is 15.2 Å². The lowest BCUT2D eigenvalue weighted by molar-refractivity contribution is 0.145. The number of halogens is 1. The first kappa shape index (κ1) is 23.3. The summed E-state index contributed by atoms with van der Waals surface area (Å²) in [5.74, 6) is 1.67. The molecule has 0 bridgehead atoms. The van der Waals surface area contributed by atoms with Gasteiger partial charge in [-0.05, 0) is 42.7 Å². The Morgan fingerprint density at radius 3 is 2.52 bits per heavy atom. The predicted octanol–water partition coefficient (Wildman–Crippen LogP) is 3.31. The molecule has 6 nitrogen and oxygen atoms in total. The van der Waals surface area contributed by atoms with Crippen LogP contribution in [0.1, 0.15) is 24.5 Å². The molecule has 1 aromatic carbocycles. The number of methoxy groups -OCH3 is 1. The summed E-state index contributed by atoms with van der Waals surface area (Å²) in [4.78, 5) is 4.69. The van der Waals surface area contributed by atoms with Crippen molar-refractivity contribution in [2.75, 3.05) is 26.9 Å². The quantitative estimate of drug-likeness (QED) is 0.234. The van der Waals surface area contributed by atoms with Gasteiger partial charge in [-0.15, -0.1) is 24.0 Å². The van der Waals surface area contributed by atoms with Crippen molar-refractivity contribution in [2.24, 2.45) is 12.0 Å². The molecule has 7 heteroatoms. The summed E-state index contributed by atoms with van der Waals surface area (Å²) in [5.41, 5.74) is 2.36. The highest BCUT2D eigenvalue weighted by molar-refractivity contribution is 14.0. The van der Waals surface area contributed by atoms with Gasteiger partial charge < -0.3 is 24.7 Å². The van der Waals surface area contributed by atoms with E-state index in [0.717, 1.165) is 37.9 Å². The zero-order valence-electron chi connectivity index (χ0n) is 16.4. The maximum Gasteiger partial charge on any atom is 0.191 e. The van der Waals surface area contributed by atoms with Gasteiger partial charge in [-0.2, -0.15) is 0 Å². The van der Waals surface area contributed by atoms with Crippen LogP contribution in [0.3, 0.4) is 0 Å². The summed E-state index contributed by atoms with van der Waals surface area (Å²) >= 11 is 0. The summed E-state index contributed by atoms with van der Waals surface area (Å²) in [5, 5.41) is 6.77. The largest absolute Gasteiger partial charge is 0.497 e. The number of hydrogen-bond acceptors (Lipinski definition) is 3. The van der Waals surface area contributed by atoms with Crippen LogP contribution in [0.5, 0.6) is 5.75 Å². The van der Waals surface area contributed by atoms with Gasteiger partial charge in [0.15, 0.2) is 5.96 Å². The molecule has 27 heavy (non-hydrogen) atoms. The Morgan fingerprint density at radius 1 is 1.11 bits per heavy atom. The second-order valence-corrected chi connectivity index (χ2v) is 6.03. The molecule has 0 spiro atoms. The fourth-order valence-electron chi connectivity index (χ4n) is 2.45. The van der Waals surface area contributed by atoms with Gasteiger partial charge in [0, 0.05) is 45.7 Å². The second kappa shape index (κ2) is 13.4. The molecule has 0 unspecified atom stereocenters. The topological polar surface area (TPSA) is 59.8 Å². The van der Waals surface area contributed by atoms with E-state index in [1.807, 2.05) is 36.9 Å². The van der Waals surface area contributed by atoms with Crippen molar-refractivity contribution in [2.45, 2.75) is 26.4 Å². The molecule has 1 aromatic heterocycles. The molecule has 0 aliphatic carbocycles. The van der Waals surface area contributed by atoms with Gasteiger partial charge in [0.25, 0.3) is 0 Å². The average molecular weight is 486 g/mol. The number of nitrogens with zero attached hydrogens (tertiary/aromatic N) is 2. The Kier molecular flexibility index (Phi) is 11.6. The third-order valence-corrected chi connectivity index (χ3v) is 3.89. The minimum absolute atomic E-state index is 0. The van der Waals surface area contributed by atoms with Gasteiger partial charge in [0.05, 0.1) is 13.7 Å². The molecule has 2 rings (SSSR count). The lowest BCUT2D eigenvalue weighted by Crippen LogP contribution is -2.37. The molecular formula is C20H31IN4O2. The highest BCUT2D eigenvalue weighted by atomic mass is 127. The number of nitrogens with one attached hydrogen (secondary N) is 2. The Hall–Kier alpha value is -1.74. The van der Waals surface area contributed by atoms with E-state index in [4.69, 9.17) is 9.47 Å². The summed E-state index contributed by atoms with van der Waals surface area (Å²) in [7, 11) is 3.69. The zero-order valence-corrected chi connectivity index (χ0v) is 18.7. The Morgan fingerprint density at radius 2 is 1.89 bits per heavy atom. The minimum Gasteiger partial charge on any atom is -0.497 e. The van der Waals surface area contributed by atoms with Crippen LogP contribution in [0.2, 0.25) is 0 Å². The number of aliphatic imine (C=N–C) groups is 1. The van der Waals surface area contributed by atoms with Crippen LogP contribution in [0.15, 0.2) is 47.7 Å². The van der Waals surface area contributed by atoms with E-state index < -0.39 is 0 Å². The van der Waals surface area contributed by atoms with E-state index >= 15 is 0 Å². The second-order valence-electron chi connectivity index (χ2n) is 6.03. The molecule has 150 valence electrons. The van der Waals surface area contributed by atoms with Crippen molar-refractivity contribution in [3.05, 3.63) is 53.9 Å². The third-order valence-electron chi connectivity index (χ3n) is 3.89. The molecule has 0 atom stereocenters. The molecule has 1 heterocycles. The molecule has 0 amide bonds. The fourth-order valence-corrected chi connectivity index (χ4v) is 2.45. The number of ether oxygens (including phenoxy) is 2. The van der Waals surface area contributed by atoms with E-state index in [-0.39, 0.29) is 24.0 Å². The fraction of sp³-hybridized carbons (Fsp3) is 0.450. The summed E-state index contributed by atoms with van der Waals surface area (Å²) < 4.78 is 12.6. The Labute approximate surface area is 179 Å². The van der Waals surface area contributed by atoms with Crippen molar-refractivity contribution >= 4 is 29.9 Å². The van der Waals surface area contributed by atoms with Gasteiger partial charge in [-0.1, -0.05) is 12.1 Å². The minimum atomic E-state index is 0. The lowest BCUT2D eigenvalue weighted by atomic mass is 10.2. The van der Waals surface area contributed by atoms with Crippen molar-refractivity contribution in [3.63, 3.8) is 0 Å². The molecule has 0 saturated carbocycles. The maximum atomic E-state index is 5.38. The summed E-state index contributed by atoms with van der Waals surface area (Å²) in [6.45, 7) is 5.69. The first-order valence-corrected chi connectivity index (χ1v) is 9.05. The summed E-state index contributed by atoms with van der Waals surface area (Å²) in [6.07, 6.45) is 5.06. The number of aromatic nitrogens is 1. The average Bonchev–Trinajstić information content (AvgIpc) is 3.08. The van der Waals surface area contributed by atoms with Crippen molar-refractivity contribution in [1.29, 1.82) is 0 Å². The van der Waals surface area contributed by atoms with Crippen LogP contribution in [-0.2, 0) is 24.9 Å². The number of rotatable bonds is 10. The van der Waals surface area contributed by atoms with E-state index in [1.165, 1.54) is 11.1 Å². The van der Waals surface area contributed by atoms with E-state index in [2.05, 4.69) is 40.0 Å². The first-order chi connectivity index (χ1) is 12.7.